The minimum Gasteiger partial charge on any atom is -0.484 e. The summed E-state index contributed by atoms with van der Waals surface area (Å²) in [7, 11) is 0. The highest BCUT2D eigenvalue weighted by Crippen LogP contribution is 2.21. The van der Waals surface area contributed by atoms with Crippen molar-refractivity contribution >= 4 is 11.6 Å². The third-order valence-electron chi connectivity index (χ3n) is 3.44. The monoisotopic (exact) mass is 262 g/mol. The number of likely N-dealkylation sites (tertiary alicyclic amines) is 1. The van der Waals surface area contributed by atoms with Crippen LogP contribution in [0.15, 0.2) is 24.3 Å². The van der Waals surface area contributed by atoms with Crippen molar-refractivity contribution in [2.45, 2.75) is 20.3 Å². The number of nitrogens with zero attached hydrogens (tertiary/aromatic N) is 1. The van der Waals surface area contributed by atoms with Crippen molar-refractivity contribution < 1.29 is 9.53 Å². The van der Waals surface area contributed by atoms with Crippen LogP contribution in [0.4, 0.5) is 5.69 Å². The van der Waals surface area contributed by atoms with E-state index < -0.39 is 0 Å². The smallest absolute Gasteiger partial charge is 0.260 e. The molecule has 2 rings (SSSR count). The van der Waals surface area contributed by atoms with Crippen LogP contribution >= 0.6 is 0 Å². The maximum absolute atomic E-state index is 12.1. The van der Waals surface area contributed by atoms with Crippen LogP contribution in [0.25, 0.3) is 0 Å². The third kappa shape index (κ3) is 3.88. The summed E-state index contributed by atoms with van der Waals surface area (Å²) >= 11 is 0. The Morgan fingerprint density at radius 3 is 2.68 bits per heavy atom. The molecule has 4 heteroatoms. The molecule has 4 nitrogen and oxygen atoms in total. The molecule has 1 aromatic carbocycles. The summed E-state index contributed by atoms with van der Waals surface area (Å²) in [6.07, 6.45) is 1.19. The SMILES string of the molecule is C[C@@H]1C[C@H](C)CN(C(=O)COc2cccc(N)c2)C1. The maximum Gasteiger partial charge on any atom is 0.260 e. The summed E-state index contributed by atoms with van der Waals surface area (Å²) in [5, 5.41) is 0. The van der Waals surface area contributed by atoms with E-state index in [9.17, 15) is 4.79 Å². The number of amides is 1. The van der Waals surface area contributed by atoms with E-state index in [0.29, 0.717) is 23.3 Å². The summed E-state index contributed by atoms with van der Waals surface area (Å²) in [6.45, 7) is 6.14. The number of nitrogen functional groups attached to an aromatic ring is 1. The molecule has 0 unspecified atom stereocenters. The molecule has 1 fully saturated rings. The quantitative estimate of drug-likeness (QED) is 0.849. The molecule has 1 amide bonds. The fourth-order valence-corrected chi connectivity index (χ4v) is 2.71. The Morgan fingerprint density at radius 2 is 2.05 bits per heavy atom. The second-order valence-corrected chi connectivity index (χ2v) is 5.61. The van der Waals surface area contributed by atoms with E-state index in [4.69, 9.17) is 10.5 Å². The molecule has 1 aliphatic heterocycles. The van der Waals surface area contributed by atoms with E-state index in [-0.39, 0.29) is 12.5 Å². The summed E-state index contributed by atoms with van der Waals surface area (Å²) in [6, 6.07) is 7.16. The number of carbonyl (C=O) groups is 1. The zero-order valence-electron chi connectivity index (χ0n) is 11.6. The molecule has 1 saturated heterocycles. The molecule has 0 bridgehead atoms. The zero-order chi connectivity index (χ0) is 13.8. The van der Waals surface area contributed by atoms with Gasteiger partial charge in [0.2, 0.25) is 0 Å². The van der Waals surface area contributed by atoms with Gasteiger partial charge in [-0.3, -0.25) is 4.79 Å². The Bertz CT molecular complexity index is 438. The van der Waals surface area contributed by atoms with Gasteiger partial charge in [0.05, 0.1) is 0 Å². The molecule has 19 heavy (non-hydrogen) atoms. The fourth-order valence-electron chi connectivity index (χ4n) is 2.71. The summed E-state index contributed by atoms with van der Waals surface area (Å²) < 4.78 is 5.50. The number of hydrogen-bond donors (Lipinski definition) is 1. The molecule has 1 aliphatic rings. The van der Waals surface area contributed by atoms with Crippen LogP contribution in [0.5, 0.6) is 5.75 Å². The molecule has 2 N–H and O–H groups in total. The Morgan fingerprint density at radius 1 is 1.37 bits per heavy atom. The van der Waals surface area contributed by atoms with Crippen molar-refractivity contribution in [1.82, 2.24) is 4.90 Å². The highest BCUT2D eigenvalue weighted by atomic mass is 16.5. The van der Waals surface area contributed by atoms with Crippen LogP contribution in [0.2, 0.25) is 0 Å². The van der Waals surface area contributed by atoms with Gasteiger partial charge >= 0.3 is 0 Å². The molecule has 0 radical (unpaired) electrons. The number of carbonyl (C=O) groups excluding carboxylic acids is 1. The Balaban J connectivity index is 1.87. The maximum atomic E-state index is 12.1. The van der Waals surface area contributed by atoms with Crippen molar-refractivity contribution in [3.8, 4) is 5.75 Å². The molecule has 0 aromatic heterocycles. The van der Waals surface area contributed by atoms with Crippen molar-refractivity contribution in [2.24, 2.45) is 11.8 Å². The van der Waals surface area contributed by atoms with Gasteiger partial charge < -0.3 is 15.4 Å². The highest BCUT2D eigenvalue weighted by molar-refractivity contribution is 5.78. The van der Waals surface area contributed by atoms with Crippen LogP contribution < -0.4 is 10.5 Å². The van der Waals surface area contributed by atoms with E-state index in [2.05, 4.69) is 13.8 Å². The predicted molar refractivity (Wildman–Crippen MR) is 75.9 cm³/mol. The molecule has 1 heterocycles. The highest BCUT2D eigenvalue weighted by Gasteiger charge is 2.25. The first kappa shape index (κ1) is 13.7. The lowest BCUT2D eigenvalue weighted by molar-refractivity contribution is -0.136. The molecule has 0 spiro atoms. The lowest BCUT2D eigenvalue weighted by Crippen LogP contribution is -2.44. The van der Waals surface area contributed by atoms with Crippen LogP contribution in [-0.4, -0.2) is 30.5 Å². The number of ether oxygens (including phenoxy) is 1. The third-order valence-corrected chi connectivity index (χ3v) is 3.44. The zero-order valence-corrected chi connectivity index (χ0v) is 11.6. The number of benzene rings is 1. The van der Waals surface area contributed by atoms with Gasteiger partial charge in [-0.25, -0.2) is 0 Å². The Labute approximate surface area is 114 Å². The first-order valence-corrected chi connectivity index (χ1v) is 6.80. The largest absolute Gasteiger partial charge is 0.484 e. The minimum atomic E-state index is 0.0563. The van der Waals surface area contributed by atoms with Gasteiger partial charge in [0.25, 0.3) is 5.91 Å². The van der Waals surface area contributed by atoms with Crippen LogP contribution in [0, 0.1) is 11.8 Å². The normalized spacial score (nSPS) is 23.2. The first-order chi connectivity index (χ1) is 9.04. The molecule has 0 aliphatic carbocycles. The Kier molecular flexibility index (Phi) is 4.30. The van der Waals surface area contributed by atoms with E-state index >= 15 is 0 Å². The average molecular weight is 262 g/mol. The lowest BCUT2D eigenvalue weighted by Gasteiger charge is -2.34. The van der Waals surface area contributed by atoms with Gasteiger partial charge in [-0.2, -0.15) is 0 Å². The molecule has 1 aromatic rings. The van der Waals surface area contributed by atoms with Crippen molar-refractivity contribution in [1.29, 1.82) is 0 Å². The molecule has 2 atom stereocenters. The molecular weight excluding hydrogens is 240 g/mol. The van der Waals surface area contributed by atoms with Crippen molar-refractivity contribution in [2.75, 3.05) is 25.4 Å². The molecule has 0 saturated carbocycles. The topological polar surface area (TPSA) is 55.6 Å². The van der Waals surface area contributed by atoms with E-state index in [0.717, 1.165) is 13.1 Å². The van der Waals surface area contributed by atoms with Gasteiger partial charge in [-0.15, -0.1) is 0 Å². The first-order valence-electron chi connectivity index (χ1n) is 6.80. The summed E-state index contributed by atoms with van der Waals surface area (Å²) in [4.78, 5) is 14.0. The predicted octanol–water partition coefficient (Wildman–Crippen LogP) is 2.15. The van der Waals surface area contributed by atoms with Crippen molar-refractivity contribution in [3.63, 3.8) is 0 Å². The average Bonchev–Trinajstić information content (AvgIpc) is 2.35. The van der Waals surface area contributed by atoms with Crippen LogP contribution in [-0.2, 0) is 4.79 Å². The van der Waals surface area contributed by atoms with E-state index in [1.807, 2.05) is 17.0 Å². The van der Waals surface area contributed by atoms with E-state index in [1.54, 1.807) is 12.1 Å². The van der Waals surface area contributed by atoms with Crippen LogP contribution in [0.3, 0.4) is 0 Å². The van der Waals surface area contributed by atoms with Gasteiger partial charge in [0.1, 0.15) is 5.75 Å². The number of anilines is 1. The number of rotatable bonds is 3. The van der Waals surface area contributed by atoms with E-state index in [1.165, 1.54) is 6.42 Å². The number of hydrogen-bond acceptors (Lipinski definition) is 3. The van der Waals surface area contributed by atoms with Crippen LogP contribution in [0.1, 0.15) is 20.3 Å². The van der Waals surface area contributed by atoms with Gasteiger partial charge in [-0.05, 0) is 30.4 Å². The van der Waals surface area contributed by atoms with Gasteiger partial charge in [-0.1, -0.05) is 19.9 Å². The second-order valence-electron chi connectivity index (χ2n) is 5.61. The minimum absolute atomic E-state index is 0.0563. The number of nitrogens with two attached hydrogens (primary N) is 1. The van der Waals surface area contributed by atoms with Gasteiger partial charge in [0.15, 0.2) is 6.61 Å². The lowest BCUT2D eigenvalue weighted by atomic mass is 9.92. The molecular formula is C15H22N2O2. The molecule has 104 valence electrons. The number of piperidine rings is 1. The summed E-state index contributed by atoms with van der Waals surface area (Å²) in [5.41, 5.74) is 6.31. The van der Waals surface area contributed by atoms with Gasteiger partial charge in [0, 0.05) is 24.8 Å². The Hall–Kier alpha value is -1.71. The fraction of sp³-hybridized carbons (Fsp3) is 0.533. The summed E-state index contributed by atoms with van der Waals surface area (Å²) in [5.74, 6) is 1.84. The second kappa shape index (κ2) is 5.95. The van der Waals surface area contributed by atoms with Crippen molar-refractivity contribution in [3.05, 3.63) is 24.3 Å². The standard InChI is InChI=1S/C15H22N2O2/c1-11-6-12(2)9-17(8-11)15(18)10-19-14-5-3-4-13(16)7-14/h3-5,7,11-12H,6,8-10,16H2,1-2H3/t11-,12+.